The van der Waals surface area contributed by atoms with Crippen LogP contribution in [-0.2, 0) is 9.53 Å². The van der Waals surface area contributed by atoms with Crippen molar-refractivity contribution in [1.29, 1.82) is 0 Å². The molecule has 2 aromatic carbocycles. The van der Waals surface area contributed by atoms with Crippen LogP contribution in [0.5, 0.6) is 11.5 Å². The maximum atomic E-state index is 12.1. The van der Waals surface area contributed by atoms with E-state index in [2.05, 4.69) is 5.32 Å². The Bertz CT molecular complexity index is 790. The molecule has 2 N–H and O–H groups in total. The van der Waals surface area contributed by atoms with Gasteiger partial charge in [-0.05, 0) is 50.1 Å². The molecule has 0 unspecified atom stereocenters. The average Bonchev–Trinajstić information content (AvgIpc) is 2.56. The minimum atomic E-state index is -0.802. The number of anilines is 1. The molecule has 0 aliphatic rings. The molecule has 0 atom stereocenters. The van der Waals surface area contributed by atoms with E-state index in [-0.39, 0.29) is 11.3 Å². The van der Waals surface area contributed by atoms with E-state index in [1.807, 2.05) is 32.9 Å². The van der Waals surface area contributed by atoms with E-state index < -0.39 is 18.5 Å². The maximum Gasteiger partial charge on any atom is 0.342 e. The highest BCUT2D eigenvalue weighted by Crippen LogP contribution is 2.24. The van der Waals surface area contributed by atoms with Gasteiger partial charge in [0.1, 0.15) is 17.1 Å². The number of esters is 1. The number of nitrogens with one attached hydrogen (secondary N) is 1. The quantitative estimate of drug-likeness (QED) is 0.815. The van der Waals surface area contributed by atoms with Gasteiger partial charge in [-0.2, -0.15) is 0 Å². The van der Waals surface area contributed by atoms with Crippen molar-refractivity contribution >= 4 is 17.6 Å². The first-order chi connectivity index (χ1) is 11.8. The van der Waals surface area contributed by atoms with Crippen LogP contribution in [-0.4, -0.2) is 30.7 Å². The lowest BCUT2D eigenvalue weighted by atomic mass is 10.1. The molecule has 6 nitrogen and oxygen atoms in total. The Morgan fingerprint density at radius 1 is 1.08 bits per heavy atom. The lowest BCUT2D eigenvalue weighted by Gasteiger charge is -2.13. The Kier molecular flexibility index (Phi) is 5.64. The van der Waals surface area contributed by atoms with Gasteiger partial charge in [-0.25, -0.2) is 4.79 Å². The van der Waals surface area contributed by atoms with Crippen molar-refractivity contribution in [2.45, 2.75) is 20.8 Å². The highest BCUT2D eigenvalue weighted by Gasteiger charge is 2.16. The van der Waals surface area contributed by atoms with Crippen LogP contribution in [0, 0.1) is 20.8 Å². The number of rotatable bonds is 5. The molecule has 2 aromatic rings. The summed E-state index contributed by atoms with van der Waals surface area (Å²) in [5.41, 5.74) is 3.61. The number of carbonyl (C=O) groups excluding carboxylic acids is 2. The monoisotopic (exact) mass is 343 g/mol. The van der Waals surface area contributed by atoms with Gasteiger partial charge >= 0.3 is 5.97 Å². The summed E-state index contributed by atoms with van der Waals surface area (Å²) in [7, 11) is 1.45. The first kappa shape index (κ1) is 18.3. The van der Waals surface area contributed by atoms with Crippen LogP contribution in [0.25, 0.3) is 0 Å². The fraction of sp³-hybridized carbons (Fsp3) is 0.263. The third-order valence-corrected chi connectivity index (χ3v) is 3.70. The maximum absolute atomic E-state index is 12.1. The molecule has 0 aliphatic carbocycles. The first-order valence-electron chi connectivity index (χ1n) is 7.73. The SMILES string of the molecule is COc1ccc(O)c(C(=O)OCC(=O)Nc2c(C)cc(C)cc2C)c1. The van der Waals surface area contributed by atoms with Gasteiger partial charge < -0.3 is 19.9 Å². The number of phenols is 1. The first-order valence-corrected chi connectivity index (χ1v) is 7.73. The lowest BCUT2D eigenvalue weighted by Crippen LogP contribution is -2.22. The summed E-state index contributed by atoms with van der Waals surface area (Å²) in [5, 5.41) is 12.5. The normalized spacial score (nSPS) is 10.2. The second kappa shape index (κ2) is 7.70. The van der Waals surface area contributed by atoms with Gasteiger partial charge in [0.05, 0.1) is 7.11 Å². The number of amides is 1. The summed E-state index contributed by atoms with van der Waals surface area (Å²) in [6, 6.07) is 8.12. The summed E-state index contributed by atoms with van der Waals surface area (Å²) in [5.74, 6) is -1.09. The fourth-order valence-corrected chi connectivity index (χ4v) is 2.57. The number of aromatic hydroxyl groups is 1. The molecule has 0 saturated heterocycles. The molecule has 0 heterocycles. The zero-order valence-corrected chi connectivity index (χ0v) is 14.7. The Morgan fingerprint density at radius 3 is 2.32 bits per heavy atom. The standard InChI is InChI=1S/C19H21NO5/c1-11-7-12(2)18(13(3)8-11)20-17(22)10-25-19(23)15-9-14(24-4)5-6-16(15)21/h5-9,21H,10H2,1-4H3,(H,20,22). The predicted molar refractivity (Wildman–Crippen MR) is 94.2 cm³/mol. The summed E-state index contributed by atoms with van der Waals surface area (Å²) in [6.45, 7) is 5.32. The molecule has 1 amide bonds. The summed E-state index contributed by atoms with van der Waals surface area (Å²) in [6.07, 6.45) is 0. The van der Waals surface area contributed by atoms with Crippen LogP contribution >= 0.6 is 0 Å². The Hall–Kier alpha value is -3.02. The third kappa shape index (κ3) is 4.50. The molecule has 0 aromatic heterocycles. The number of hydrogen-bond donors (Lipinski definition) is 2. The van der Waals surface area contributed by atoms with E-state index in [0.29, 0.717) is 11.4 Å². The van der Waals surface area contributed by atoms with Crippen LogP contribution in [0.4, 0.5) is 5.69 Å². The highest BCUT2D eigenvalue weighted by atomic mass is 16.5. The van der Waals surface area contributed by atoms with Crippen molar-refractivity contribution in [1.82, 2.24) is 0 Å². The van der Waals surface area contributed by atoms with E-state index >= 15 is 0 Å². The predicted octanol–water partition coefficient (Wildman–Crippen LogP) is 3.12. The van der Waals surface area contributed by atoms with Crippen LogP contribution in [0.15, 0.2) is 30.3 Å². The number of methoxy groups -OCH3 is 1. The van der Waals surface area contributed by atoms with Crippen LogP contribution in [0.2, 0.25) is 0 Å². The van der Waals surface area contributed by atoms with Gasteiger partial charge in [0.15, 0.2) is 6.61 Å². The second-order valence-corrected chi connectivity index (χ2v) is 5.78. The topological polar surface area (TPSA) is 84.9 Å². The Labute approximate surface area is 146 Å². The molecule has 0 radical (unpaired) electrons. The number of hydrogen-bond acceptors (Lipinski definition) is 5. The van der Waals surface area contributed by atoms with E-state index in [4.69, 9.17) is 9.47 Å². The number of benzene rings is 2. The Balaban J connectivity index is 2.02. The summed E-state index contributed by atoms with van der Waals surface area (Å²) >= 11 is 0. The lowest BCUT2D eigenvalue weighted by molar-refractivity contribution is -0.119. The van der Waals surface area contributed by atoms with Gasteiger partial charge in [-0.1, -0.05) is 17.7 Å². The van der Waals surface area contributed by atoms with Crippen LogP contribution < -0.4 is 10.1 Å². The number of carbonyl (C=O) groups is 2. The van der Waals surface area contributed by atoms with Crippen molar-refractivity contribution in [2.24, 2.45) is 0 Å². The molecular formula is C19H21NO5. The van der Waals surface area contributed by atoms with Gasteiger partial charge in [0.25, 0.3) is 5.91 Å². The minimum absolute atomic E-state index is 0.0603. The number of aryl methyl sites for hydroxylation is 3. The zero-order chi connectivity index (χ0) is 18.6. The van der Waals surface area contributed by atoms with Crippen LogP contribution in [0.3, 0.4) is 0 Å². The van der Waals surface area contributed by atoms with Crippen molar-refractivity contribution in [3.8, 4) is 11.5 Å². The summed E-state index contributed by atoms with van der Waals surface area (Å²) < 4.78 is 9.98. The fourth-order valence-electron chi connectivity index (χ4n) is 2.57. The summed E-state index contributed by atoms with van der Waals surface area (Å²) in [4.78, 5) is 24.1. The van der Waals surface area contributed by atoms with E-state index in [9.17, 15) is 14.7 Å². The van der Waals surface area contributed by atoms with Crippen molar-refractivity contribution in [2.75, 3.05) is 19.0 Å². The number of ether oxygens (including phenoxy) is 2. The van der Waals surface area contributed by atoms with Gasteiger partial charge in [0, 0.05) is 5.69 Å². The van der Waals surface area contributed by atoms with E-state index in [0.717, 1.165) is 16.7 Å². The largest absolute Gasteiger partial charge is 0.507 e. The van der Waals surface area contributed by atoms with Gasteiger partial charge in [-0.15, -0.1) is 0 Å². The zero-order valence-electron chi connectivity index (χ0n) is 14.7. The third-order valence-electron chi connectivity index (χ3n) is 3.70. The van der Waals surface area contributed by atoms with Crippen molar-refractivity contribution in [3.05, 3.63) is 52.6 Å². The van der Waals surface area contributed by atoms with Gasteiger partial charge in [0.2, 0.25) is 0 Å². The average molecular weight is 343 g/mol. The van der Waals surface area contributed by atoms with Crippen molar-refractivity contribution < 1.29 is 24.2 Å². The minimum Gasteiger partial charge on any atom is -0.507 e. The van der Waals surface area contributed by atoms with Gasteiger partial charge in [-0.3, -0.25) is 4.79 Å². The Morgan fingerprint density at radius 2 is 1.72 bits per heavy atom. The molecule has 6 heteroatoms. The molecule has 0 saturated carbocycles. The van der Waals surface area contributed by atoms with Crippen LogP contribution in [0.1, 0.15) is 27.0 Å². The molecule has 132 valence electrons. The molecule has 0 aliphatic heterocycles. The highest BCUT2D eigenvalue weighted by molar-refractivity contribution is 5.97. The number of phenolic OH excluding ortho intramolecular Hbond substituents is 1. The molecule has 0 bridgehead atoms. The molecule has 0 fully saturated rings. The van der Waals surface area contributed by atoms with E-state index in [1.165, 1.54) is 25.3 Å². The molecular weight excluding hydrogens is 322 g/mol. The molecule has 2 rings (SSSR count). The van der Waals surface area contributed by atoms with Crippen molar-refractivity contribution in [3.63, 3.8) is 0 Å². The van der Waals surface area contributed by atoms with E-state index in [1.54, 1.807) is 0 Å². The molecule has 0 spiro atoms. The second-order valence-electron chi connectivity index (χ2n) is 5.78. The molecule has 25 heavy (non-hydrogen) atoms. The smallest absolute Gasteiger partial charge is 0.342 e.